The molecule has 0 spiro atoms. The zero-order valence-electron chi connectivity index (χ0n) is 17.0. The van der Waals surface area contributed by atoms with E-state index in [9.17, 15) is 19.2 Å². The van der Waals surface area contributed by atoms with Crippen molar-refractivity contribution in [3.05, 3.63) is 0 Å². The minimum Gasteiger partial charge on any atom is -0.480 e. The highest BCUT2D eigenvalue weighted by Crippen LogP contribution is 2.06. The van der Waals surface area contributed by atoms with E-state index < -0.39 is 54.5 Å². The SMILES string of the molecule is CSCCC(NC(=O)C(CCCCN)NC(=O)C(N)CS)C(=O)NC(CO)C(=O)O. The van der Waals surface area contributed by atoms with Crippen LogP contribution in [0.15, 0.2) is 0 Å². The van der Waals surface area contributed by atoms with Gasteiger partial charge in [-0.15, -0.1) is 0 Å². The van der Waals surface area contributed by atoms with Crippen LogP contribution in [0.1, 0.15) is 25.7 Å². The number of nitrogens with one attached hydrogen (secondary N) is 3. The van der Waals surface area contributed by atoms with E-state index in [1.807, 2.05) is 6.26 Å². The maximum absolute atomic E-state index is 12.8. The number of hydrogen-bond donors (Lipinski definition) is 8. The quantitative estimate of drug-likeness (QED) is 0.0905. The van der Waals surface area contributed by atoms with Gasteiger partial charge in [0.05, 0.1) is 12.6 Å². The molecule has 0 bridgehead atoms. The average Bonchev–Trinajstić information content (AvgIpc) is 2.72. The van der Waals surface area contributed by atoms with E-state index in [4.69, 9.17) is 21.7 Å². The largest absolute Gasteiger partial charge is 0.480 e. The van der Waals surface area contributed by atoms with E-state index >= 15 is 0 Å². The molecule has 0 heterocycles. The van der Waals surface area contributed by atoms with Gasteiger partial charge in [-0.2, -0.15) is 24.4 Å². The lowest BCUT2D eigenvalue weighted by Crippen LogP contribution is -2.57. The highest BCUT2D eigenvalue weighted by molar-refractivity contribution is 7.98. The van der Waals surface area contributed by atoms with Crippen LogP contribution in [0.25, 0.3) is 0 Å². The molecule has 0 aromatic rings. The third-order valence-electron chi connectivity index (χ3n) is 4.15. The Balaban J connectivity index is 5.29. The molecule has 0 aliphatic carbocycles. The van der Waals surface area contributed by atoms with E-state index in [0.717, 1.165) is 0 Å². The van der Waals surface area contributed by atoms with Crippen LogP contribution >= 0.6 is 24.4 Å². The number of thioether (sulfide) groups is 1. The number of aliphatic carboxylic acids is 1. The molecule has 13 heteroatoms. The van der Waals surface area contributed by atoms with Crippen LogP contribution in [-0.2, 0) is 19.2 Å². The molecule has 9 N–H and O–H groups in total. The van der Waals surface area contributed by atoms with Crippen LogP contribution in [0.4, 0.5) is 0 Å². The van der Waals surface area contributed by atoms with Crippen molar-refractivity contribution in [1.29, 1.82) is 0 Å². The van der Waals surface area contributed by atoms with Crippen LogP contribution in [0, 0.1) is 0 Å². The number of rotatable bonds is 16. The number of unbranched alkanes of at least 4 members (excludes halogenated alkanes) is 1. The molecule has 0 saturated carbocycles. The number of nitrogens with two attached hydrogens (primary N) is 2. The van der Waals surface area contributed by atoms with E-state index in [1.165, 1.54) is 11.8 Å². The molecular weight excluding hydrogens is 434 g/mol. The molecule has 0 aliphatic rings. The van der Waals surface area contributed by atoms with Gasteiger partial charge in [0.15, 0.2) is 0 Å². The molecule has 4 unspecified atom stereocenters. The standard InChI is InChI=1S/C17H33N5O6S2/c1-30-7-5-12(16(26)22-13(8-23)17(27)28)21-15(25)11(4-2-3-6-18)20-14(24)10(19)9-29/h10-13,23,29H,2-9,18-19H2,1H3,(H,20,24)(H,21,25)(H,22,26)(H,27,28). The van der Waals surface area contributed by atoms with Gasteiger partial charge >= 0.3 is 5.97 Å². The maximum atomic E-state index is 12.8. The van der Waals surface area contributed by atoms with Crippen LogP contribution in [0.5, 0.6) is 0 Å². The summed E-state index contributed by atoms with van der Waals surface area (Å²) in [6.45, 7) is -0.363. The second kappa shape index (κ2) is 16.2. The summed E-state index contributed by atoms with van der Waals surface area (Å²) < 4.78 is 0. The molecular formula is C17H33N5O6S2. The molecule has 0 aromatic heterocycles. The minimum atomic E-state index is -1.49. The smallest absolute Gasteiger partial charge is 0.328 e. The summed E-state index contributed by atoms with van der Waals surface area (Å²) in [5.74, 6) is -2.66. The molecule has 174 valence electrons. The summed E-state index contributed by atoms with van der Waals surface area (Å²) >= 11 is 5.41. The number of aliphatic hydroxyl groups excluding tert-OH is 1. The number of thiol groups is 1. The number of carbonyl (C=O) groups excluding carboxylic acids is 3. The Morgan fingerprint density at radius 1 is 0.967 bits per heavy atom. The van der Waals surface area contributed by atoms with E-state index in [-0.39, 0.29) is 12.2 Å². The first-order chi connectivity index (χ1) is 14.2. The Labute approximate surface area is 185 Å². The number of aliphatic hydroxyl groups is 1. The van der Waals surface area contributed by atoms with Gasteiger partial charge in [0.25, 0.3) is 0 Å². The predicted molar refractivity (Wildman–Crippen MR) is 118 cm³/mol. The van der Waals surface area contributed by atoms with Crippen LogP contribution in [0.3, 0.4) is 0 Å². The topological polar surface area (TPSA) is 197 Å². The van der Waals surface area contributed by atoms with Crippen molar-refractivity contribution >= 4 is 48.1 Å². The molecule has 0 aliphatic heterocycles. The molecule has 3 amide bonds. The predicted octanol–water partition coefficient (Wildman–Crippen LogP) is -2.34. The van der Waals surface area contributed by atoms with Crippen LogP contribution in [-0.4, -0.2) is 89.0 Å². The van der Waals surface area contributed by atoms with Gasteiger partial charge in [-0.1, -0.05) is 0 Å². The lowest BCUT2D eigenvalue weighted by molar-refractivity contribution is -0.143. The molecule has 11 nitrogen and oxygen atoms in total. The number of amides is 3. The van der Waals surface area contributed by atoms with Gasteiger partial charge in [0.2, 0.25) is 17.7 Å². The van der Waals surface area contributed by atoms with Gasteiger partial charge in [-0.25, -0.2) is 4.79 Å². The summed E-state index contributed by atoms with van der Waals surface area (Å²) in [6.07, 6.45) is 3.55. The fourth-order valence-corrected chi connectivity index (χ4v) is 3.00. The molecule has 0 saturated heterocycles. The monoisotopic (exact) mass is 467 g/mol. The van der Waals surface area contributed by atoms with E-state index in [0.29, 0.717) is 31.6 Å². The minimum absolute atomic E-state index is 0.0967. The molecule has 30 heavy (non-hydrogen) atoms. The van der Waals surface area contributed by atoms with Crippen molar-refractivity contribution in [1.82, 2.24) is 16.0 Å². The first kappa shape index (κ1) is 28.5. The third kappa shape index (κ3) is 11.0. The second-order valence-corrected chi connectivity index (χ2v) is 7.91. The molecule has 0 fully saturated rings. The fraction of sp³-hybridized carbons (Fsp3) is 0.765. The molecule has 4 atom stereocenters. The third-order valence-corrected chi connectivity index (χ3v) is 5.19. The van der Waals surface area contributed by atoms with Gasteiger partial charge in [0, 0.05) is 5.75 Å². The lowest BCUT2D eigenvalue weighted by atomic mass is 10.1. The highest BCUT2D eigenvalue weighted by Gasteiger charge is 2.29. The normalized spacial score (nSPS) is 14.8. The van der Waals surface area contributed by atoms with E-state index in [1.54, 1.807) is 0 Å². The summed E-state index contributed by atoms with van der Waals surface area (Å²) in [5, 5.41) is 25.4. The Morgan fingerprint density at radius 3 is 1.97 bits per heavy atom. The summed E-state index contributed by atoms with van der Waals surface area (Å²) in [5.41, 5.74) is 11.1. The first-order valence-electron chi connectivity index (χ1n) is 9.51. The summed E-state index contributed by atoms with van der Waals surface area (Å²) in [6, 6.07) is -4.35. The van der Waals surface area contributed by atoms with E-state index in [2.05, 4.69) is 28.6 Å². The van der Waals surface area contributed by atoms with Crippen LogP contribution in [0.2, 0.25) is 0 Å². The molecule has 0 aromatic carbocycles. The molecule has 0 rings (SSSR count). The number of carboxylic acid groups (broad SMARTS) is 1. The van der Waals surface area contributed by atoms with Crippen molar-refractivity contribution in [2.75, 3.05) is 30.9 Å². The second-order valence-electron chi connectivity index (χ2n) is 6.56. The zero-order valence-corrected chi connectivity index (χ0v) is 18.7. The van der Waals surface area contributed by atoms with Crippen molar-refractivity contribution in [3.63, 3.8) is 0 Å². The van der Waals surface area contributed by atoms with Crippen LogP contribution < -0.4 is 27.4 Å². The fourth-order valence-electron chi connectivity index (χ4n) is 2.36. The Bertz CT molecular complexity index is 569. The summed E-state index contributed by atoms with van der Waals surface area (Å²) in [7, 11) is 0. The number of hydrogen-bond acceptors (Lipinski definition) is 9. The Hall–Kier alpha value is -1.54. The first-order valence-corrected chi connectivity index (χ1v) is 11.5. The number of carbonyl (C=O) groups is 4. The Morgan fingerprint density at radius 2 is 1.50 bits per heavy atom. The van der Waals surface area contributed by atoms with Crippen molar-refractivity contribution in [2.45, 2.75) is 49.9 Å². The average molecular weight is 468 g/mol. The highest BCUT2D eigenvalue weighted by atomic mass is 32.2. The zero-order chi connectivity index (χ0) is 23.1. The van der Waals surface area contributed by atoms with Gasteiger partial charge < -0.3 is 37.6 Å². The Kier molecular flexibility index (Phi) is 15.4. The lowest BCUT2D eigenvalue weighted by Gasteiger charge is -2.24. The van der Waals surface area contributed by atoms with Crippen molar-refractivity contribution in [2.24, 2.45) is 11.5 Å². The van der Waals surface area contributed by atoms with Crippen molar-refractivity contribution < 1.29 is 29.4 Å². The van der Waals surface area contributed by atoms with Gasteiger partial charge in [0.1, 0.15) is 18.1 Å². The van der Waals surface area contributed by atoms with Gasteiger partial charge in [-0.05, 0) is 44.2 Å². The number of carboxylic acids is 1. The van der Waals surface area contributed by atoms with Gasteiger partial charge in [-0.3, -0.25) is 14.4 Å². The van der Waals surface area contributed by atoms with Crippen molar-refractivity contribution in [3.8, 4) is 0 Å². The summed E-state index contributed by atoms with van der Waals surface area (Å²) in [4.78, 5) is 48.4. The maximum Gasteiger partial charge on any atom is 0.328 e. The molecule has 0 radical (unpaired) electrons.